The van der Waals surface area contributed by atoms with Gasteiger partial charge in [0.15, 0.2) is 0 Å². The molecule has 0 fully saturated rings. The van der Waals surface area contributed by atoms with Crippen LogP contribution >= 0.6 is 0 Å². The third-order valence-corrected chi connectivity index (χ3v) is 3.77. The molecule has 0 aliphatic heterocycles. The van der Waals surface area contributed by atoms with E-state index in [0.29, 0.717) is 6.61 Å². The van der Waals surface area contributed by atoms with Crippen molar-refractivity contribution in [2.75, 3.05) is 6.61 Å². The van der Waals surface area contributed by atoms with Crippen LogP contribution in [0.15, 0.2) is 54.6 Å². The minimum Gasteiger partial charge on any atom is -0.494 e. The van der Waals surface area contributed by atoms with E-state index in [9.17, 15) is 5.26 Å². The maximum absolute atomic E-state index is 9.49. The van der Waals surface area contributed by atoms with Gasteiger partial charge in [-0.15, -0.1) is 0 Å². The molecule has 0 aliphatic carbocycles. The average Bonchev–Trinajstić information content (AvgIpc) is 2.54. The van der Waals surface area contributed by atoms with Gasteiger partial charge in [-0.05, 0) is 44.4 Å². The smallest absolute Gasteiger partial charge is 0.119 e. The predicted molar refractivity (Wildman–Crippen MR) is 85.3 cm³/mol. The van der Waals surface area contributed by atoms with Gasteiger partial charge in [-0.1, -0.05) is 48.0 Å². The first-order valence-corrected chi connectivity index (χ1v) is 7.30. The molecule has 1 atom stereocenters. The summed E-state index contributed by atoms with van der Waals surface area (Å²) in [5.41, 5.74) is 1.85. The SMILES string of the molecule is Cc1ccc(OCCCC(C)(C#N)c2ccccc2)cc1. The van der Waals surface area contributed by atoms with Crippen molar-refractivity contribution < 1.29 is 4.74 Å². The number of ether oxygens (including phenoxy) is 1. The lowest BCUT2D eigenvalue weighted by atomic mass is 9.80. The fourth-order valence-electron chi connectivity index (χ4n) is 2.32. The van der Waals surface area contributed by atoms with Gasteiger partial charge in [0.25, 0.3) is 0 Å². The van der Waals surface area contributed by atoms with Crippen molar-refractivity contribution in [3.8, 4) is 11.8 Å². The average molecular weight is 279 g/mol. The summed E-state index contributed by atoms with van der Waals surface area (Å²) >= 11 is 0. The van der Waals surface area contributed by atoms with Crippen molar-refractivity contribution in [3.63, 3.8) is 0 Å². The van der Waals surface area contributed by atoms with Crippen LogP contribution in [0, 0.1) is 18.3 Å². The molecular formula is C19H21NO. The van der Waals surface area contributed by atoms with Crippen molar-refractivity contribution >= 4 is 0 Å². The van der Waals surface area contributed by atoms with Crippen LogP contribution in [-0.2, 0) is 5.41 Å². The van der Waals surface area contributed by atoms with Crippen LogP contribution in [0.5, 0.6) is 5.75 Å². The van der Waals surface area contributed by atoms with Gasteiger partial charge >= 0.3 is 0 Å². The minimum atomic E-state index is -0.447. The van der Waals surface area contributed by atoms with E-state index in [1.165, 1.54) is 5.56 Å². The quantitative estimate of drug-likeness (QED) is 0.722. The number of nitrogens with zero attached hydrogens (tertiary/aromatic N) is 1. The Kier molecular flexibility index (Phi) is 5.00. The summed E-state index contributed by atoms with van der Waals surface area (Å²) in [4.78, 5) is 0. The van der Waals surface area contributed by atoms with Crippen LogP contribution in [0.2, 0.25) is 0 Å². The van der Waals surface area contributed by atoms with Crippen LogP contribution < -0.4 is 4.74 Å². The molecule has 2 heteroatoms. The highest BCUT2D eigenvalue weighted by atomic mass is 16.5. The standard InChI is InChI=1S/C19H21NO/c1-16-9-11-18(12-10-16)21-14-6-13-19(2,15-20)17-7-4-3-5-8-17/h3-5,7-12H,6,13-14H2,1-2H3. The molecule has 0 saturated carbocycles. The lowest BCUT2D eigenvalue weighted by Crippen LogP contribution is -2.20. The lowest BCUT2D eigenvalue weighted by molar-refractivity contribution is 0.295. The van der Waals surface area contributed by atoms with E-state index < -0.39 is 5.41 Å². The van der Waals surface area contributed by atoms with Gasteiger partial charge in [0.1, 0.15) is 5.75 Å². The predicted octanol–water partition coefficient (Wildman–Crippen LogP) is 4.64. The van der Waals surface area contributed by atoms with Gasteiger partial charge in [-0.3, -0.25) is 0 Å². The Morgan fingerprint density at radius 3 is 2.33 bits per heavy atom. The van der Waals surface area contributed by atoms with E-state index >= 15 is 0 Å². The Balaban J connectivity index is 1.87. The Bertz CT molecular complexity index is 598. The Morgan fingerprint density at radius 2 is 1.71 bits per heavy atom. The molecular weight excluding hydrogens is 258 g/mol. The highest BCUT2D eigenvalue weighted by Gasteiger charge is 2.25. The zero-order valence-corrected chi connectivity index (χ0v) is 12.7. The molecule has 2 aromatic carbocycles. The molecule has 0 amide bonds. The molecule has 0 bridgehead atoms. The van der Waals surface area contributed by atoms with Crippen molar-refractivity contribution in [2.45, 2.75) is 32.1 Å². The summed E-state index contributed by atoms with van der Waals surface area (Å²) in [6.07, 6.45) is 1.65. The van der Waals surface area contributed by atoms with Gasteiger partial charge in [-0.2, -0.15) is 5.26 Å². The lowest BCUT2D eigenvalue weighted by Gasteiger charge is -2.22. The number of nitriles is 1. The first kappa shape index (κ1) is 15.1. The second-order valence-corrected chi connectivity index (χ2v) is 5.58. The zero-order chi connectivity index (χ0) is 15.1. The molecule has 0 N–H and O–H groups in total. The molecule has 0 spiro atoms. The van der Waals surface area contributed by atoms with Gasteiger partial charge < -0.3 is 4.74 Å². The molecule has 108 valence electrons. The summed E-state index contributed by atoms with van der Waals surface area (Å²) in [7, 11) is 0. The summed E-state index contributed by atoms with van der Waals surface area (Å²) in [5, 5.41) is 9.49. The molecule has 21 heavy (non-hydrogen) atoms. The van der Waals surface area contributed by atoms with Crippen molar-refractivity contribution in [2.24, 2.45) is 0 Å². The number of hydrogen-bond donors (Lipinski definition) is 0. The molecule has 2 aromatic rings. The number of hydrogen-bond acceptors (Lipinski definition) is 2. The molecule has 0 radical (unpaired) electrons. The molecule has 2 nitrogen and oxygen atoms in total. The van der Waals surface area contributed by atoms with Gasteiger partial charge in [0.05, 0.1) is 18.1 Å². The Hall–Kier alpha value is -2.27. The highest BCUT2D eigenvalue weighted by molar-refractivity contribution is 5.31. The number of aryl methyl sites for hydroxylation is 1. The fraction of sp³-hybridized carbons (Fsp3) is 0.316. The van der Waals surface area contributed by atoms with E-state index in [-0.39, 0.29) is 0 Å². The van der Waals surface area contributed by atoms with E-state index in [1.807, 2.05) is 61.5 Å². The molecule has 1 unspecified atom stereocenters. The zero-order valence-electron chi connectivity index (χ0n) is 12.7. The molecule has 0 aromatic heterocycles. The summed E-state index contributed by atoms with van der Waals surface area (Å²) in [5.74, 6) is 0.888. The van der Waals surface area contributed by atoms with Gasteiger partial charge in [-0.25, -0.2) is 0 Å². The fourth-order valence-corrected chi connectivity index (χ4v) is 2.32. The van der Waals surface area contributed by atoms with E-state index in [2.05, 4.69) is 13.0 Å². The second kappa shape index (κ2) is 6.95. The van der Waals surface area contributed by atoms with Gasteiger partial charge in [0, 0.05) is 0 Å². The monoisotopic (exact) mass is 279 g/mol. The number of rotatable bonds is 6. The Labute approximate surface area is 127 Å². The molecule has 2 rings (SSSR count). The maximum Gasteiger partial charge on any atom is 0.119 e. The second-order valence-electron chi connectivity index (χ2n) is 5.58. The van der Waals surface area contributed by atoms with Crippen LogP contribution in [0.25, 0.3) is 0 Å². The summed E-state index contributed by atoms with van der Waals surface area (Å²) in [6.45, 7) is 4.68. The normalized spacial score (nSPS) is 13.2. The van der Waals surface area contributed by atoms with E-state index in [1.54, 1.807) is 0 Å². The minimum absolute atomic E-state index is 0.447. The molecule has 0 saturated heterocycles. The van der Waals surface area contributed by atoms with Crippen LogP contribution in [0.1, 0.15) is 30.9 Å². The van der Waals surface area contributed by atoms with Crippen molar-refractivity contribution in [1.82, 2.24) is 0 Å². The van der Waals surface area contributed by atoms with Crippen molar-refractivity contribution in [1.29, 1.82) is 5.26 Å². The van der Waals surface area contributed by atoms with Crippen LogP contribution in [0.4, 0.5) is 0 Å². The van der Waals surface area contributed by atoms with Crippen molar-refractivity contribution in [3.05, 3.63) is 65.7 Å². The summed E-state index contributed by atoms with van der Waals surface area (Å²) < 4.78 is 5.73. The number of benzene rings is 2. The molecule has 0 heterocycles. The van der Waals surface area contributed by atoms with Crippen LogP contribution in [0.3, 0.4) is 0 Å². The topological polar surface area (TPSA) is 33.0 Å². The third-order valence-electron chi connectivity index (χ3n) is 3.77. The summed E-state index contributed by atoms with van der Waals surface area (Å²) in [6, 6.07) is 20.5. The van der Waals surface area contributed by atoms with E-state index in [0.717, 1.165) is 24.2 Å². The Morgan fingerprint density at radius 1 is 1.05 bits per heavy atom. The largest absolute Gasteiger partial charge is 0.494 e. The van der Waals surface area contributed by atoms with E-state index in [4.69, 9.17) is 4.74 Å². The maximum atomic E-state index is 9.49. The van der Waals surface area contributed by atoms with Crippen LogP contribution in [-0.4, -0.2) is 6.61 Å². The first-order valence-electron chi connectivity index (χ1n) is 7.30. The molecule has 0 aliphatic rings. The highest BCUT2D eigenvalue weighted by Crippen LogP contribution is 2.28. The first-order chi connectivity index (χ1) is 10.1. The third kappa shape index (κ3) is 4.10. The van der Waals surface area contributed by atoms with Gasteiger partial charge in [0.2, 0.25) is 0 Å².